The first kappa shape index (κ1) is 15.9. The van der Waals surface area contributed by atoms with E-state index in [-0.39, 0.29) is 0 Å². The molecular formula is C14H20N2O4. The summed E-state index contributed by atoms with van der Waals surface area (Å²) in [5.41, 5.74) is 0. The molecule has 0 saturated carbocycles. The van der Waals surface area contributed by atoms with Gasteiger partial charge in [0, 0.05) is 6.20 Å². The summed E-state index contributed by atoms with van der Waals surface area (Å²) in [6.45, 7) is 3.54. The first-order valence-corrected chi connectivity index (χ1v) is 6.64. The Labute approximate surface area is 118 Å². The molecule has 2 unspecified atom stereocenters. The Morgan fingerprint density at radius 3 is 2.80 bits per heavy atom. The number of hydrogen-bond donors (Lipinski definition) is 2. The van der Waals surface area contributed by atoms with Crippen molar-refractivity contribution < 1.29 is 19.4 Å². The average Bonchev–Trinajstić information content (AvgIpc) is 2.43. The third kappa shape index (κ3) is 5.26. The van der Waals surface area contributed by atoms with E-state index >= 15 is 0 Å². The summed E-state index contributed by atoms with van der Waals surface area (Å²) in [6, 6.07) is 2.51. The molecule has 0 bridgehead atoms. The number of aliphatic carboxylic acids is 1. The molecule has 1 aromatic heterocycles. The van der Waals surface area contributed by atoms with E-state index in [0.717, 1.165) is 12.8 Å². The van der Waals surface area contributed by atoms with Gasteiger partial charge in [0.25, 0.3) is 5.91 Å². The zero-order valence-corrected chi connectivity index (χ0v) is 11.7. The molecule has 0 spiro atoms. The number of carbonyl (C=O) groups is 2. The summed E-state index contributed by atoms with van der Waals surface area (Å²) < 4.78 is 5.39. The highest BCUT2D eigenvalue weighted by Crippen LogP contribution is 2.09. The molecule has 2 atom stereocenters. The van der Waals surface area contributed by atoms with E-state index in [4.69, 9.17) is 9.84 Å². The maximum atomic E-state index is 11.9. The number of ether oxygens (including phenoxy) is 1. The molecule has 110 valence electrons. The van der Waals surface area contributed by atoms with Crippen molar-refractivity contribution in [1.29, 1.82) is 0 Å². The zero-order chi connectivity index (χ0) is 15.0. The van der Waals surface area contributed by atoms with E-state index in [1.165, 1.54) is 6.20 Å². The normalized spacial score (nSPS) is 13.3. The minimum Gasteiger partial charge on any atom is -0.480 e. The largest absolute Gasteiger partial charge is 0.480 e. The summed E-state index contributed by atoms with van der Waals surface area (Å²) in [7, 11) is 0. The molecule has 0 saturated heterocycles. The van der Waals surface area contributed by atoms with Crippen LogP contribution in [-0.4, -0.2) is 34.1 Å². The Hall–Kier alpha value is -2.11. The molecule has 2 N–H and O–H groups in total. The van der Waals surface area contributed by atoms with E-state index in [9.17, 15) is 9.59 Å². The molecule has 20 heavy (non-hydrogen) atoms. The molecule has 0 aliphatic heterocycles. The number of aromatic nitrogens is 1. The van der Waals surface area contributed by atoms with Gasteiger partial charge < -0.3 is 15.2 Å². The van der Waals surface area contributed by atoms with Crippen LogP contribution in [0.1, 0.15) is 33.1 Å². The molecule has 1 amide bonds. The van der Waals surface area contributed by atoms with Crippen LogP contribution in [0.2, 0.25) is 0 Å². The summed E-state index contributed by atoms with van der Waals surface area (Å²) >= 11 is 0. The molecule has 0 radical (unpaired) electrons. The van der Waals surface area contributed by atoms with Gasteiger partial charge in [0.1, 0.15) is 11.8 Å². The Morgan fingerprint density at radius 2 is 2.25 bits per heavy atom. The number of hydrogen-bond acceptors (Lipinski definition) is 4. The standard InChI is InChI=1S/C14H20N2O4/c1-3-4-7-12(14(18)19)16-13(17)10(2)20-11-6-5-8-15-9-11/h5-6,8-10,12H,3-4,7H2,1-2H3,(H,16,17)(H,18,19). The first-order chi connectivity index (χ1) is 9.54. The van der Waals surface area contributed by atoms with Crippen molar-refractivity contribution in [3.8, 4) is 5.75 Å². The van der Waals surface area contributed by atoms with Crippen LogP contribution in [0.4, 0.5) is 0 Å². The van der Waals surface area contributed by atoms with Crippen LogP contribution < -0.4 is 10.1 Å². The van der Waals surface area contributed by atoms with Gasteiger partial charge in [-0.2, -0.15) is 0 Å². The number of nitrogens with one attached hydrogen (secondary N) is 1. The summed E-state index contributed by atoms with van der Waals surface area (Å²) in [5, 5.41) is 11.5. The predicted octanol–water partition coefficient (Wildman–Crippen LogP) is 1.61. The van der Waals surface area contributed by atoms with Crippen LogP contribution in [0, 0.1) is 0 Å². The molecule has 6 heteroatoms. The van der Waals surface area contributed by atoms with Gasteiger partial charge in [-0.05, 0) is 25.5 Å². The molecule has 0 fully saturated rings. The molecule has 1 rings (SSSR count). The highest BCUT2D eigenvalue weighted by Gasteiger charge is 2.23. The van der Waals surface area contributed by atoms with E-state index in [1.807, 2.05) is 6.92 Å². The Bertz CT molecular complexity index is 436. The van der Waals surface area contributed by atoms with Crippen LogP contribution in [0.15, 0.2) is 24.5 Å². The van der Waals surface area contributed by atoms with Crippen molar-refractivity contribution in [2.45, 2.75) is 45.3 Å². The number of nitrogens with zero attached hydrogens (tertiary/aromatic N) is 1. The van der Waals surface area contributed by atoms with Crippen LogP contribution in [0.5, 0.6) is 5.75 Å². The number of pyridine rings is 1. The number of rotatable bonds is 8. The summed E-state index contributed by atoms with van der Waals surface area (Å²) in [4.78, 5) is 26.8. The van der Waals surface area contributed by atoms with Crippen molar-refractivity contribution in [2.24, 2.45) is 0 Å². The van der Waals surface area contributed by atoms with E-state index < -0.39 is 24.0 Å². The van der Waals surface area contributed by atoms with Crippen molar-refractivity contribution in [2.75, 3.05) is 0 Å². The van der Waals surface area contributed by atoms with Crippen molar-refractivity contribution in [3.05, 3.63) is 24.5 Å². The number of amides is 1. The van der Waals surface area contributed by atoms with Gasteiger partial charge in [-0.25, -0.2) is 4.79 Å². The lowest BCUT2D eigenvalue weighted by Crippen LogP contribution is -2.46. The second kappa shape index (κ2) is 8.14. The van der Waals surface area contributed by atoms with Crippen LogP contribution in [0.3, 0.4) is 0 Å². The quantitative estimate of drug-likeness (QED) is 0.755. The monoisotopic (exact) mass is 280 g/mol. The maximum absolute atomic E-state index is 11.9. The van der Waals surface area contributed by atoms with Gasteiger partial charge >= 0.3 is 5.97 Å². The van der Waals surface area contributed by atoms with Gasteiger partial charge in [-0.1, -0.05) is 19.8 Å². The van der Waals surface area contributed by atoms with Crippen LogP contribution >= 0.6 is 0 Å². The van der Waals surface area contributed by atoms with Gasteiger partial charge in [0.05, 0.1) is 6.20 Å². The number of unbranched alkanes of at least 4 members (excludes halogenated alkanes) is 1. The first-order valence-electron chi connectivity index (χ1n) is 6.64. The minimum atomic E-state index is -1.03. The lowest BCUT2D eigenvalue weighted by atomic mass is 10.1. The van der Waals surface area contributed by atoms with Gasteiger partial charge in [0.15, 0.2) is 6.10 Å². The minimum absolute atomic E-state index is 0.414. The highest BCUT2D eigenvalue weighted by atomic mass is 16.5. The lowest BCUT2D eigenvalue weighted by molar-refractivity contribution is -0.143. The molecule has 1 aromatic rings. The third-order valence-electron chi connectivity index (χ3n) is 2.78. The van der Waals surface area contributed by atoms with E-state index in [2.05, 4.69) is 10.3 Å². The van der Waals surface area contributed by atoms with Gasteiger partial charge in [-0.3, -0.25) is 9.78 Å². The zero-order valence-electron chi connectivity index (χ0n) is 11.7. The Kier molecular flexibility index (Phi) is 6.49. The number of carboxylic acids is 1. The fourth-order valence-electron chi connectivity index (χ4n) is 1.63. The second-order valence-corrected chi connectivity index (χ2v) is 4.49. The van der Waals surface area contributed by atoms with Crippen molar-refractivity contribution in [1.82, 2.24) is 10.3 Å². The maximum Gasteiger partial charge on any atom is 0.326 e. The summed E-state index contributed by atoms with van der Waals surface area (Å²) in [6.07, 6.45) is 4.36. The van der Waals surface area contributed by atoms with Crippen molar-refractivity contribution >= 4 is 11.9 Å². The van der Waals surface area contributed by atoms with Crippen molar-refractivity contribution in [3.63, 3.8) is 0 Å². The Balaban J connectivity index is 2.53. The predicted molar refractivity (Wildman–Crippen MR) is 73.4 cm³/mol. The molecule has 0 aromatic carbocycles. The molecule has 0 aliphatic rings. The SMILES string of the molecule is CCCCC(NC(=O)C(C)Oc1cccnc1)C(=O)O. The highest BCUT2D eigenvalue weighted by molar-refractivity contribution is 5.86. The Morgan fingerprint density at radius 1 is 1.50 bits per heavy atom. The fourth-order valence-corrected chi connectivity index (χ4v) is 1.63. The average molecular weight is 280 g/mol. The van der Waals surface area contributed by atoms with Crippen LogP contribution in [0.25, 0.3) is 0 Å². The van der Waals surface area contributed by atoms with Gasteiger partial charge in [-0.15, -0.1) is 0 Å². The molecular weight excluding hydrogens is 260 g/mol. The smallest absolute Gasteiger partial charge is 0.326 e. The van der Waals surface area contributed by atoms with Gasteiger partial charge in [0.2, 0.25) is 0 Å². The van der Waals surface area contributed by atoms with Crippen LogP contribution in [-0.2, 0) is 9.59 Å². The van der Waals surface area contributed by atoms with E-state index in [1.54, 1.807) is 25.3 Å². The lowest BCUT2D eigenvalue weighted by Gasteiger charge is -2.18. The fraction of sp³-hybridized carbons (Fsp3) is 0.500. The third-order valence-corrected chi connectivity index (χ3v) is 2.78. The molecule has 0 aliphatic carbocycles. The topological polar surface area (TPSA) is 88.5 Å². The number of carbonyl (C=O) groups excluding carboxylic acids is 1. The summed E-state index contributed by atoms with van der Waals surface area (Å²) in [5.74, 6) is -1.01. The number of carboxylic acid groups (broad SMARTS) is 1. The van der Waals surface area contributed by atoms with E-state index in [0.29, 0.717) is 12.2 Å². The second-order valence-electron chi connectivity index (χ2n) is 4.49. The molecule has 1 heterocycles. The molecule has 6 nitrogen and oxygen atoms in total.